The van der Waals surface area contributed by atoms with Crippen molar-refractivity contribution in [3.63, 3.8) is 0 Å². The van der Waals surface area contributed by atoms with Gasteiger partial charge >= 0.3 is 0 Å². The van der Waals surface area contributed by atoms with Gasteiger partial charge in [0.2, 0.25) is 0 Å². The molecule has 0 heterocycles. The molecule has 31 heavy (non-hydrogen) atoms. The van der Waals surface area contributed by atoms with Crippen LogP contribution < -0.4 is 20.1 Å². The fourth-order valence-corrected chi connectivity index (χ4v) is 3.89. The van der Waals surface area contributed by atoms with Crippen LogP contribution in [0.5, 0.6) is 11.5 Å². The van der Waals surface area contributed by atoms with Crippen LogP contribution in [0.15, 0.2) is 36.4 Å². The highest BCUT2D eigenvalue weighted by atomic mass is 35.5. The summed E-state index contributed by atoms with van der Waals surface area (Å²) >= 11 is 6.37. The van der Waals surface area contributed by atoms with Gasteiger partial charge < -0.3 is 20.1 Å². The number of nitrogens with one attached hydrogen (secondary N) is 2. The predicted molar refractivity (Wildman–Crippen MR) is 123 cm³/mol. The number of carbonyl (C=O) groups is 2. The van der Waals surface area contributed by atoms with Gasteiger partial charge in [-0.1, -0.05) is 49.9 Å². The molecule has 2 amide bonds. The minimum absolute atomic E-state index is 0.182. The van der Waals surface area contributed by atoms with Crippen LogP contribution in [0.25, 0.3) is 0 Å². The second-order valence-corrected chi connectivity index (χ2v) is 8.05. The number of unbranched alkanes of at least 4 members (excludes halogenated alkanes) is 1. The number of ether oxygens (including phenoxy) is 2. The highest BCUT2D eigenvalue weighted by molar-refractivity contribution is 6.32. The first kappa shape index (κ1) is 22.9. The van der Waals surface area contributed by atoms with Crippen molar-refractivity contribution in [2.75, 3.05) is 19.0 Å². The molecule has 2 aromatic rings. The minimum Gasteiger partial charge on any atom is -0.493 e. The SMILES string of the molecule is CCCCOc1c(Cl)cc(C(=O)Nc2ccccc2C(=O)NC2CCCC2)cc1OC. The number of carbonyl (C=O) groups excluding carboxylic acids is 2. The molecule has 0 spiro atoms. The zero-order valence-corrected chi connectivity index (χ0v) is 18.8. The number of halogens is 1. The fourth-order valence-electron chi connectivity index (χ4n) is 3.63. The van der Waals surface area contributed by atoms with Gasteiger partial charge in [0.25, 0.3) is 11.8 Å². The smallest absolute Gasteiger partial charge is 0.255 e. The molecule has 0 atom stereocenters. The zero-order chi connectivity index (χ0) is 22.2. The van der Waals surface area contributed by atoms with Gasteiger partial charge in [-0.05, 0) is 43.5 Å². The summed E-state index contributed by atoms with van der Waals surface area (Å²) in [5, 5.41) is 6.19. The minimum atomic E-state index is -0.388. The van der Waals surface area contributed by atoms with Crippen LogP contribution in [0.2, 0.25) is 5.02 Å². The van der Waals surface area contributed by atoms with Gasteiger partial charge in [0.15, 0.2) is 11.5 Å². The molecule has 0 radical (unpaired) electrons. The third kappa shape index (κ3) is 5.91. The third-order valence-corrected chi connectivity index (χ3v) is 5.63. The predicted octanol–water partition coefficient (Wildman–Crippen LogP) is 5.45. The van der Waals surface area contributed by atoms with Crippen LogP contribution in [-0.4, -0.2) is 31.6 Å². The van der Waals surface area contributed by atoms with E-state index in [9.17, 15) is 9.59 Å². The summed E-state index contributed by atoms with van der Waals surface area (Å²) in [6.07, 6.45) is 6.13. The number of amides is 2. The van der Waals surface area contributed by atoms with E-state index in [0.29, 0.717) is 39.9 Å². The van der Waals surface area contributed by atoms with E-state index >= 15 is 0 Å². The Balaban J connectivity index is 1.77. The molecular formula is C24H29ClN2O4. The molecular weight excluding hydrogens is 416 g/mol. The zero-order valence-electron chi connectivity index (χ0n) is 18.0. The van der Waals surface area contributed by atoms with Gasteiger partial charge in [-0.2, -0.15) is 0 Å². The molecule has 1 aliphatic rings. The van der Waals surface area contributed by atoms with Crippen LogP contribution in [0.1, 0.15) is 66.2 Å². The van der Waals surface area contributed by atoms with Crippen molar-refractivity contribution in [1.82, 2.24) is 5.32 Å². The van der Waals surface area contributed by atoms with Crippen LogP contribution in [0.4, 0.5) is 5.69 Å². The number of benzene rings is 2. The molecule has 0 bridgehead atoms. The number of hydrogen-bond donors (Lipinski definition) is 2. The number of methoxy groups -OCH3 is 1. The number of anilines is 1. The van der Waals surface area contributed by atoms with Gasteiger partial charge in [0, 0.05) is 11.6 Å². The molecule has 6 nitrogen and oxygen atoms in total. The summed E-state index contributed by atoms with van der Waals surface area (Å²) < 4.78 is 11.1. The standard InChI is InChI=1S/C24H29ClN2O4/c1-3-4-13-31-22-19(25)14-16(15-21(22)30-2)23(28)27-20-12-8-7-11-18(20)24(29)26-17-9-5-6-10-17/h7-8,11-12,14-15,17H,3-6,9-10,13H2,1-2H3,(H,26,29)(H,27,28). The molecule has 2 aromatic carbocycles. The first-order valence-corrected chi connectivity index (χ1v) is 11.1. The summed E-state index contributed by atoms with van der Waals surface area (Å²) in [7, 11) is 1.50. The maximum Gasteiger partial charge on any atom is 0.255 e. The maximum absolute atomic E-state index is 12.9. The molecule has 0 saturated heterocycles. The van der Waals surface area contributed by atoms with Crippen molar-refractivity contribution in [3.8, 4) is 11.5 Å². The average Bonchev–Trinajstić information content (AvgIpc) is 3.28. The molecule has 1 fully saturated rings. The molecule has 3 rings (SSSR count). The molecule has 2 N–H and O–H groups in total. The molecule has 7 heteroatoms. The third-order valence-electron chi connectivity index (χ3n) is 5.35. The molecule has 0 unspecified atom stereocenters. The highest BCUT2D eigenvalue weighted by Gasteiger charge is 2.21. The Bertz CT molecular complexity index is 926. The van der Waals surface area contributed by atoms with Crippen molar-refractivity contribution < 1.29 is 19.1 Å². The van der Waals surface area contributed by atoms with Crippen LogP contribution in [0.3, 0.4) is 0 Å². The lowest BCUT2D eigenvalue weighted by molar-refractivity contribution is 0.0938. The Hall–Kier alpha value is -2.73. The van der Waals surface area contributed by atoms with E-state index in [0.717, 1.165) is 38.5 Å². The van der Waals surface area contributed by atoms with Gasteiger partial charge in [0.1, 0.15) is 0 Å². The first-order valence-electron chi connectivity index (χ1n) is 10.7. The first-order chi connectivity index (χ1) is 15.0. The van der Waals surface area contributed by atoms with E-state index in [2.05, 4.69) is 17.6 Å². The van der Waals surface area contributed by atoms with Gasteiger partial charge in [0.05, 0.1) is 30.0 Å². The van der Waals surface area contributed by atoms with Crippen LogP contribution in [0, 0.1) is 0 Å². The summed E-state index contributed by atoms with van der Waals surface area (Å²) in [6, 6.07) is 10.3. The monoisotopic (exact) mass is 444 g/mol. The summed E-state index contributed by atoms with van der Waals surface area (Å²) in [6.45, 7) is 2.59. The highest BCUT2D eigenvalue weighted by Crippen LogP contribution is 2.37. The Morgan fingerprint density at radius 3 is 2.58 bits per heavy atom. The summed E-state index contributed by atoms with van der Waals surface area (Å²) in [4.78, 5) is 25.7. The maximum atomic E-state index is 12.9. The lowest BCUT2D eigenvalue weighted by Crippen LogP contribution is -2.33. The summed E-state index contributed by atoms with van der Waals surface area (Å²) in [5.41, 5.74) is 1.19. The van der Waals surface area contributed by atoms with Crippen molar-refractivity contribution in [3.05, 3.63) is 52.5 Å². The Morgan fingerprint density at radius 2 is 1.87 bits per heavy atom. The Labute approximate surface area is 188 Å². The van der Waals surface area contributed by atoms with E-state index in [1.54, 1.807) is 36.4 Å². The lowest BCUT2D eigenvalue weighted by atomic mass is 10.1. The van der Waals surface area contributed by atoms with Crippen molar-refractivity contribution in [2.45, 2.75) is 51.5 Å². The largest absolute Gasteiger partial charge is 0.493 e. The van der Waals surface area contributed by atoms with Gasteiger partial charge in [-0.3, -0.25) is 9.59 Å². The Morgan fingerprint density at radius 1 is 1.13 bits per heavy atom. The van der Waals surface area contributed by atoms with Gasteiger partial charge in [-0.15, -0.1) is 0 Å². The van der Waals surface area contributed by atoms with E-state index in [-0.39, 0.29) is 17.9 Å². The molecule has 1 saturated carbocycles. The van der Waals surface area contributed by atoms with Crippen molar-refractivity contribution in [1.29, 1.82) is 0 Å². The number of hydrogen-bond acceptors (Lipinski definition) is 4. The second kappa shape index (κ2) is 11.0. The average molecular weight is 445 g/mol. The quantitative estimate of drug-likeness (QED) is 0.504. The van der Waals surface area contributed by atoms with E-state index in [4.69, 9.17) is 21.1 Å². The van der Waals surface area contributed by atoms with Crippen LogP contribution >= 0.6 is 11.6 Å². The lowest BCUT2D eigenvalue weighted by Gasteiger charge is -2.16. The Kier molecular flexibility index (Phi) is 8.18. The van der Waals surface area contributed by atoms with Gasteiger partial charge in [-0.25, -0.2) is 0 Å². The topological polar surface area (TPSA) is 76.7 Å². The normalized spacial score (nSPS) is 13.6. The van der Waals surface area contributed by atoms with E-state index in [1.165, 1.54) is 7.11 Å². The number of rotatable bonds is 9. The van der Waals surface area contributed by atoms with E-state index in [1.807, 2.05) is 0 Å². The van der Waals surface area contributed by atoms with Crippen molar-refractivity contribution >= 4 is 29.1 Å². The number of para-hydroxylation sites is 1. The fraction of sp³-hybridized carbons (Fsp3) is 0.417. The molecule has 0 aliphatic heterocycles. The summed E-state index contributed by atoms with van der Waals surface area (Å²) in [5.74, 6) is 0.242. The molecule has 166 valence electrons. The van der Waals surface area contributed by atoms with E-state index < -0.39 is 0 Å². The molecule has 1 aliphatic carbocycles. The van der Waals surface area contributed by atoms with Crippen molar-refractivity contribution in [2.24, 2.45) is 0 Å². The second-order valence-electron chi connectivity index (χ2n) is 7.65. The van der Waals surface area contributed by atoms with Crippen LogP contribution in [-0.2, 0) is 0 Å². The molecule has 0 aromatic heterocycles.